The maximum Gasteiger partial charge on any atom is 0.264 e. The fourth-order valence-corrected chi connectivity index (χ4v) is 1.92. The first-order chi connectivity index (χ1) is 7.54. The van der Waals surface area contributed by atoms with Gasteiger partial charge >= 0.3 is 0 Å². The Morgan fingerprint density at radius 1 is 1.25 bits per heavy atom. The third kappa shape index (κ3) is 3.59. The molecule has 1 saturated heterocycles. The van der Waals surface area contributed by atoms with Crippen LogP contribution in [0.4, 0.5) is 0 Å². The van der Waals surface area contributed by atoms with Crippen molar-refractivity contribution in [3.63, 3.8) is 0 Å². The summed E-state index contributed by atoms with van der Waals surface area (Å²) in [4.78, 5) is 0. The molecule has 2 atom stereocenters. The van der Waals surface area contributed by atoms with E-state index in [-0.39, 0.29) is 18.8 Å². The van der Waals surface area contributed by atoms with Crippen molar-refractivity contribution in [3.05, 3.63) is 35.9 Å². The zero-order valence-corrected chi connectivity index (χ0v) is 9.81. The monoisotopic (exact) mass is 242 g/mol. The van der Waals surface area contributed by atoms with Crippen LogP contribution in [0.5, 0.6) is 0 Å². The molecule has 16 heavy (non-hydrogen) atoms. The molecule has 0 N–H and O–H groups in total. The van der Waals surface area contributed by atoms with E-state index in [0.717, 1.165) is 12.7 Å². The lowest BCUT2D eigenvalue weighted by atomic mass is 10.1. The summed E-state index contributed by atoms with van der Waals surface area (Å²) in [6, 6.07) is 9.95. The van der Waals surface area contributed by atoms with E-state index in [1.165, 1.54) is 5.56 Å². The minimum absolute atomic E-state index is 0.0872. The molecule has 0 aliphatic carbocycles. The van der Waals surface area contributed by atoms with Crippen molar-refractivity contribution in [3.8, 4) is 0 Å². The summed E-state index contributed by atoms with van der Waals surface area (Å²) in [5, 5.41) is 0. The van der Waals surface area contributed by atoms with E-state index < -0.39 is 10.1 Å². The van der Waals surface area contributed by atoms with E-state index in [0.29, 0.717) is 0 Å². The predicted octanol–water partition coefficient (Wildman–Crippen LogP) is 0.973. The zero-order valence-electron chi connectivity index (χ0n) is 9.00. The molecular weight excluding hydrogens is 228 g/mol. The van der Waals surface area contributed by atoms with E-state index >= 15 is 0 Å². The molecule has 0 saturated carbocycles. The highest BCUT2D eigenvalue weighted by Crippen LogP contribution is 2.26. The summed E-state index contributed by atoms with van der Waals surface area (Å²) >= 11 is 0. The Kier molecular flexibility index (Phi) is 3.28. The standard InChI is InChI=1S/C11H14O4S/c1-16(12,13)14-8-11-10(15-11)7-9-5-3-2-4-6-9/h2-6,10-11H,7-8H2,1H3/t10-,11-/m0/s1. The molecule has 1 aliphatic heterocycles. The number of rotatable bonds is 5. The number of epoxide rings is 1. The van der Waals surface area contributed by atoms with Gasteiger partial charge in [0.1, 0.15) is 6.10 Å². The lowest BCUT2D eigenvalue weighted by Gasteiger charge is -1.98. The average Bonchev–Trinajstić information content (AvgIpc) is 2.94. The quantitative estimate of drug-likeness (QED) is 0.570. The highest BCUT2D eigenvalue weighted by molar-refractivity contribution is 7.85. The Morgan fingerprint density at radius 2 is 1.94 bits per heavy atom. The van der Waals surface area contributed by atoms with Crippen molar-refractivity contribution in [1.29, 1.82) is 0 Å². The second-order valence-electron chi connectivity index (χ2n) is 3.89. The maximum atomic E-state index is 10.8. The van der Waals surface area contributed by atoms with Crippen molar-refractivity contribution in [2.45, 2.75) is 18.6 Å². The topological polar surface area (TPSA) is 55.9 Å². The Hall–Kier alpha value is -0.910. The van der Waals surface area contributed by atoms with Crippen LogP contribution < -0.4 is 0 Å². The van der Waals surface area contributed by atoms with Crippen LogP contribution in [0.15, 0.2) is 30.3 Å². The number of hydrogen-bond donors (Lipinski definition) is 0. The van der Waals surface area contributed by atoms with E-state index in [9.17, 15) is 8.42 Å². The molecule has 1 aromatic carbocycles. The maximum absolute atomic E-state index is 10.8. The zero-order chi connectivity index (χ0) is 11.6. The van der Waals surface area contributed by atoms with Gasteiger partial charge in [0.05, 0.1) is 19.0 Å². The van der Waals surface area contributed by atoms with Gasteiger partial charge in [0, 0.05) is 6.42 Å². The molecule has 1 fully saturated rings. The summed E-state index contributed by atoms with van der Waals surface area (Å²) in [5.74, 6) is 0. The van der Waals surface area contributed by atoms with Gasteiger partial charge in [-0.05, 0) is 5.56 Å². The van der Waals surface area contributed by atoms with E-state index in [1.54, 1.807) is 0 Å². The van der Waals surface area contributed by atoms with Gasteiger partial charge in [0.2, 0.25) is 0 Å². The first-order valence-electron chi connectivity index (χ1n) is 5.08. The van der Waals surface area contributed by atoms with Gasteiger partial charge in [-0.15, -0.1) is 0 Å². The van der Waals surface area contributed by atoms with Crippen LogP contribution in [0.1, 0.15) is 5.56 Å². The molecule has 0 bridgehead atoms. The highest BCUT2D eigenvalue weighted by atomic mass is 32.2. The third-order valence-electron chi connectivity index (χ3n) is 2.41. The van der Waals surface area contributed by atoms with Gasteiger partial charge in [0.25, 0.3) is 10.1 Å². The molecule has 0 spiro atoms. The summed E-state index contributed by atoms with van der Waals surface area (Å²) in [6.07, 6.45) is 1.85. The molecule has 88 valence electrons. The number of hydrogen-bond acceptors (Lipinski definition) is 4. The van der Waals surface area contributed by atoms with Crippen LogP contribution in [0.2, 0.25) is 0 Å². The Labute approximate surface area is 95.3 Å². The van der Waals surface area contributed by atoms with Crippen molar-refractivity contribution in [2.24, 2.45) is 0 Å². The summed E-state index contributed by atoms with van der Waals surface area (Å²) in [5.41, 5.74) is 1.19. The van der Waals surface area contributed by atoms with Crippen molar-refractivity contribution in [1.82, 2.24) is 0 Å². The molecule has 0 radical (unpaired) electrons. The van der Waals surface area contributed by atoms with Gasteiger partial charge in [-0.25, -0.2) is 0 Å². The Morgan fingerprint density at radius 3 is 2.56 bits per heavy atom. The van der Waals surface area contributed by atoms with Crippen LogP contribution in [0.3, 0.4) is 0 Å². The first kappa shape index (κ1) is 11.6. The average molecular weight is 242 g/mol. The normalized spacial score (nSPS) is 24.3. The molecule has 5 heteroatoms. The fourth-order valence-electron chi connectivity index (χ4n) is 1.54. The van der Waals surface area contributed by atoms with Crippen molar-refractivity contribution >= 4 is 10.1 Å². The second-order valence-corrected chi connectivity index (χ2v) is 5.54. The van der Waals surface area contributed by atoms with Crippen molar-refractivity contribution < 1.29 is 17.3 Å². The van der Waals surface area contributed by atoms with Crippen LogP contribution in [0, 0.1) is 0 Å². The first-order valence-corrected chi connectivity index (χ1v) is 6.90. The van der Waals surface area contributed by atoms with E-state index in [4.69, 9.17) is 4.74 Å². The fraction of sp³-hybridized carbons (Fsp3) is 0.455. The largest absolute Gasteiger partial charge is 0.367 e. The molecule has 1 aliphatic rings. The van der Waals surface area contributed by atoms with Gasteiger partial charge < -0.3 is 4.74 Å². The van der Waals surface area contributed by atoms with Gasteiger partial charge in [-0.3, -0.25) is 4.18 Å². The molecular formula is C11H14O4S. The molecule has 4 nitrogen and oxygen atoms in total. The molecule has 1 heterocycles. The van der Waals surface area contributed by atoms with Gasteiger partial charge in [-0.1, -0.05) is 30.3 Å². The minimum Gasteiger partial charge on any atom is -0.367 e. The summed E-state index contributed by atoms with van der Waals surface area (Å²) in [7, 11) is -3.36. The Bertz CT molecular complexity index is 440. The van der Waals surface area contributed by atoms with Crippen LogP contribution >= 0.6 is 0 Å². The molecule has 0 unspecified atom stereocenters. The summed E-state index contributed by atoms with van der Waals surface area (Å²) in [6.45, 7) is 0.121. The third-order valence-corrected chi connectivity index (χ3v) is 2.98. The van der Waals surface area contributed by atoms with E-state index in [2.05, 4.69) is 4.18 Å². The van der Waals surface area contributed by atoms with Gasteiger partial charge in [0.15, 0.2) is 0 Å². The van der Waals surface area contributed by atoms with Crippen LogP contribution in [0.25, 0.3) is 0 Å². The number of ether oxygens (including phenoxy) is 1. The molecule has 0 aromatic heterocycles. The smallest absolute Gasteiger partial charge is 0.264 e. The van der Waals surface area contributed by atoms with Crippen LogP contribution in [-0.4, -0.2) is 33.5 Å². The van der Waals surface area contributed by atoms with E-state index in [1.807, 2.05) is 30.3 Å². The SMILES string of the molecule is CS(=O)(=O)OC[C@@H]1O[C@H]1Cc1ccccc1. The van der Waals surface area contributed by atoms with Crippen molar-refractivity contribution in [2.75, 3.05) is 12.9 Å². The minimum atomic E-state index is -3.36. The number of benzene rings is 1. The molecule has 2 rings (SSSR count). The highest BCUT2D eigenvalue weighted by Gasteiger charge is 2.39. The molecule has 0 amide bonds. The predicted molar refractivity (Wildman–Crippen MR) is 59.6 cm³/mol. The second kappa shape index (κ2) is 4.53. The Balaban J connectivity index is 1.76. The lowest BCUT2D eigenvalue weighted by Crippen LogP contribution is -2.11. The summed E-state index contributed by atoms with van der Waals surface area (Å²) < 4.78 is 31.5. The van der Waals surface area contributed by atoms with Crippen LogP contribution in [-0.2, 0) is 25.5 Å². The molecule has 1 aromatic rings. The lowest BCUT2D eigenvalue weighted by molar-refractivity contribution is 0.265. The van der Waals surface area contributed by atoms with Gasteiger partial charge in [-0.2, -0.15) is 8.42 Å².